The van der Waals surface area contributed by atoms with E-state index >= 15 is 0 Å². The fraction of sp³-hybridized carbons (Fsp3) is 0.400. The Bertz CT molecular complexity index is 1320. The van der Waals surface area contributed by atoms with Crippen LogP contribution in [0.15, 0.2) is 73.1 Å². The van der Waals surface area contributed by atoms with Gasteiger partial charge in [0.25, 0.3) is 0 Å². The molecule has 0 spiro atoms. The number of anilines is 1. The van der Waals surface area contributed by atoms with E-state index in [0.717, 1.165) is 54.5 Å². The molecular formula is C30H36N4O2S. The van der Waals surface area contributed by atoms with E-state index in [0.29, 0.717) is 25.1 Å². The number of aromatic nitrogens is 1. The molecule has 194 valence electrons. The van der Waals surface area contributed by atoms with E-state index in [4.69, 9.17) is 0 Å². The molecule has 7 heteroatoms. The zero-order valence-corrected chi connectivity index (χ0v) is 21.3. The second-order valence-electron chi connectivity index (χ2n) is 9.89. The first-order chi connectivity index (χ1) is 17.5. The molecule has 5 rings (SSSR count). The van der Waals surface area contributed by atoms with Crippen molar-refractivity contribution in [1.82, 2.24) is 9.29 Å². The molecule has 0 saturated heterocycles. The van der Waals surface area contributed by atoms with Crippen LogP contribution in [0.1, 0.15) is 61.8 Å². The summed E-state index contributed by atoms with van der Waals surface area (Å²) < 4.78 is 30.1. The molecule has 0 amide bonds. The van der Waals surface area contributed by atoms with Crippen molar-refractivity contribution >= 4 is 15.7 Å². The third-order valence-corrected chi connectivity index (χ3v) is 9.82. The summed E-state index contributed by atoms with van der Waals surface area (Å²) in [6.45, 7) is 1.47. The van der Waals surface area contributed by atoms with Crippen molar-refractivity contribution in [3.05, 3.63) is 95.3 Å². The van der Waals surface area contributed by atoms with Gasteiger partial charge in [-0.3, -0.25) is 4.98 Å². The third-order valence-electron chi connectivity index (χ3n) is 7.42. The summed E-state index contributed by atoms with van der Waals surface area (Å²) in [5.41, 5.74) is 4.60. The number of nitriles is 1. The molecular weight excluding hydrogens is 480 g/mol. The molecule has 0 radical (unpaired) electrons. The maximum Gasteiger partial charge on any atom is 0.217 e. The van der Waals surface area contributed by atoms with Gasteiger partial charge in [-0.2, -0.15) is 9.57 Å². The van der Waals surface area contributed by atoms with Crippen LogP contribution in [-0.4, -0.2) is 35.5 Å². The Hall–Kier alpha value is -3.21. The van der Waals surface area contributed by atoms with E-state index in [1.54, 1.807) is 10.5 Å². The van der Waals surface area contributed by atoms with Gasteiger partial charge in [-0.05, 0) is 60.2 Å². The first-order valence-corrected chi connectivity index (χ1v) is 14.3. The van der Waals surface area contributed by atoms with Gasteiger partial charge in [0, 0.05) is 43.8 Å². The summed E-state index contributed by atoms with van der Waals surface area (Å²) in [4.78, 5) is 6.54. The van der Waals surface area contributed by atoms with Crippen LogP contribution >= 0.6 is 0 Å². The highest BCUT2D eigenvalue weighted by Gasteiger charge is 2.40. The molecule has 2 aliphatic rings. The number of benzene rings is 2. The van der Waals surface area contributed by atoms with Crippen LogP contribution in [0.2, 0.25) is 0 Å². The minimum absolute atomic E-state index is 0. The Morgan fingerprint density at radius 2 is 1.73 bits per heavy atom. The van der Waals surface area contributed by atoms with Gasteiger partial charge in [0.15, 0.2) is 0 Å². The van der Waals surface area contributed by atoms with Gasteiger partial charge in [0.05, 0.1) is 16.9 Å². The molecule has 3 aromatic rings. The van der Waals surface area contributed by atoms with Crippen molar-refractivity contribution in [1.29, 1.82) is 5.26 Å². The van der Waals surface area contributed by atoms with Crippen LogP contribution in [0, 0.1) is 11.3 Å². The highest BCUT2D eigenvalue weighted by atomic mass is 32.2. The van der Waals surface area contributed by atoms with Crippen molar-refractivity contribution in [2.24, 2.45) is 0 Å². The van der Waals surface area contributed by atoms with Gasteiger partial charge in [0.1, 0.15) is 0 Å². The SMILES string of the molecule is C.N#Cc1ccc2c(c1)CN(S(=O)(=O)C1CCCCC1)[C@H](Cc1ccccc1)CN2Cc1cccnc1. The van der Waals surface area contributed by atoms with Crippen LogP contribution in [0.3, 0.4) is 0 Å². The monoisotopic (exact) mass is 516 g/mol. The molecule has 2 aromatic carbocycles. The van der Waals surface area contributed by atoms with Gasteiger partial charge in [-0.1, -0.05) is 63.1 Å². The summed E-state index contributed by atoms with van der Waals surface area (Å²) in [5.74, 6) is 0. The number of rotatable bonds is 6. The molecule has 0 bridgehead atoms. The lowest BCUT2D eigenvalue weighted by molar-refractivity contribution is 0.308. The molecule has 6 nitrogen and oxygen atoms in total. The second-order valence-corrected chi connectivity index (χ2v) is 12.1. The Balaban J connectivity index is 0.00000320. The van der Waals surface area contributed by atoms with E-state index < -0.39 is 10.0 Å². The molecule has 1 aliphatic heterocycles. The van der Waals surface area contributed by atoms with Gasteiger partial charge < -0.3 is 4.90 Å². The lowest BCUT2D eigenvalue weighted by atomic mass is 10.0. The van der Waals surface area contributed by atoms with E-state index in [2.05, 4.69) is 28.1 Å². The number of sulfonamides is 1. The van der Waals surface area contributed by atoms with Crippen LogP contribution < -0.4 is 4.90 Å². The van der Waals surface area contributed by atoms with Crippen LogP contribution in [0.25, 0.3) is 0 Å². The average Bonchev–Trinajstić information content (AvgIpc) is 3.07. The lowest BCUT2D eigenvalue weighted by Crippen LogP contribution is -2.49. The molecule has 37 heavy (non-hydrogen) atoms. The minimum Gasteiger partial charge on any atom is -0.365 e. The maximum atomic E-state index is 14.2. The summed E-state index contributed by atoms with van der Waals surface area (Å²) in [6, 6.07) is 21.8. The van der Waals surface area contributed by atoms with Crippen LogP contribution in [-0.2, 0) is 29.5 Å². The average molecular weight is 517 g/mol. The molecule has 1 aliphatic carbocycles. The van der Waals surface area contributed by atoms with E-state index in [-0.39, 0.29) is 25.3 Å². The fourth-order valence-electron chi connectivity index (χ4n) is 5.60. The van der Waals surface area contributed by atoms with Crippen LogP contribution in [0.4, 0.5) is 5.69 Å². The summed E-state index contributed by atoms with van der Waals surface area (Å²) in [5, 5.41) is 9.25. The van der Waals surface area contributed by atoms with E-state index in [1.807, 2.05) is 54.7 Å². The summed E-state index contributed by atoms with van der Waals surface area (Å²) >= 11 is 0. The fourth-order valence-corrected chi connectivity index (χ4v) is 7.79. The van der Waals surface area contributed by atoms with Crippen molar-refractivity contribution in [3.63, 3.8) is 0 Å². The largest absolute Gasteiger partial charge is 0.365 e. The van der Waals surface area contributed by atoms with Crippen molar-refractivity contribution in [3.8, 4) is 6.07 Å². The Morgan fingerprint density at radius 3 is 2.43 bits per heavy atom. The zero-order valence-electron chi connectivity index (χ0n) is 20.5. The minimum atomic E-state index is -3.52. The van der Waals surface area contributed by atoms with E-state index in [1.165, 1.54) is 0 Å². The van der Waals surface area contributed by atoms with Gasteiger partial charge >= 0.3 is 0 Å². The predicted molar refractivity (Wildman–Crippen MR) is 148 cm³/mol. The maximum absolute atomic E-state index is 14.2. The highest BCUT2D eigenvalue weighted by molar-refractivity contribution is 7.89. The quantitative estimate of drug-likeness (QED) is 0.421. The van der Waals surface area contributed by atoms with Crippen molar-refractivity contribution < 1.29 is 8.42 Å². The predicted octanol–water partition coefficient (Wildman–Crippen LogP) is 5.69. The Morgan fingerprint density at radius 1 is 0.973 bits per heavy atom. The topological polar surface area (TPSA) is 77.3 Å². The van der Waals surface area contributed by atoms with Gasteiger partial charge in [-0.25, -0.2) is 8.42 Å². The van der Waals surface area contributed by atoms with Gasteiger partial charge in [-0.15, -0.1) is 0 Å². The molecule has 2 heterocycles. The number of hydrogen-bond acceptors (Lipinski definition) is 5. The molecule has 0 N–H and O–H groups in total. The Labute approximate surface area is 221 Å². The Kier molecular flexibility index (Phi) is 8.63. The summed E-state index contributed by atoms with van der Waals surface area (Å²) in [6.07, 6.45) is 8.73. The number of fused-ring (bicyclic) bond motifs is 1. The number of nitrogens with zero attached hydrogens (tertiary/aromatic N) is 4. The molecule has 0 unspecified atom stereocenters. The number of pyridine rings is 1. The number of hydrogen-bond donors (Lipinski definition) is 0. The normalized spacial score (nSPS) is 18.8. The zero-order chi connectivity index (χ0) is 25.0. The summed E-state index contributed by atoms with van der Waals surface area (Å²) in [7, 11) is -3.52. The highest BCUT2D eigenvalue weighted by Crippen LogP contribution is 2.35. The van der Waals surface area contributed by atoms with Gasteiger partial charge in [0.2, 0.25) is 10.0 Å². The standard InChI is InChI=1S/C29H32N4O2S.CH4/c30-18-24-13-14-29-26(16-24)21-33(36(34,35)28-11-5-2-6-12-28)27(17-23-8-3-1-4-9-23)22-32(29)20-25-10-7-15-31-19-25;/h1,3-4,7-10,13-16,19,27-28H,2,5-6,11-12,17,20-22H2;1H4/t27-;/m1./s1. The third kappa shape index (κ3) is 6.03. The smallest absolute Gasteiger partial charge is 0.217 e. The molecule has 1 atom stereocenters. The first-order valence-electron chi connectivity index (χ1n) is 12.8. The second kappa shape index (κ2) is 11.9. The van der Waals surface area contributed by atoms with E-state index in [9.17, 15) is 13.7 Å². The molecule has 1 aromatic heterocycles. The van der Waals surface area contributed by atoms with Crippen molar-refractivity contribution in [2.45, 2.75) is 70.3 Å². The first kappa shape index (κ1) is 26.8. The molecule has 1 saturated carbocycles. The lowest BCUT2D eigenvalue weighted by Gasteiger charge is -2.35. The van der Waals surface area contributed by atoms with Crippen molar-refractivity contribution in [2.75, 3.05) is 11.4 Å². The van der Waals surface area contributed by atoms with Crippen LogP contribution in [0.5, 0.6) is 0 Å². The molecule has 1 fully saturated rings.